The van der Waals surface area contributed by atoms with Crippen LogP contribution in [0.15, 0.2) is 24.3 Å². The number of hydrogen-bond acceptors (Lipinski definition) is 3. The predicted octanol–water partition coefficient (Wildman–Crippen LogP) is 1.97. The van der Waals surface area contributed by atoms with Crippen LogP contribution in [0.4, 0.5) is 0 Å². The summed E-state index contributed by atoms with van der Waals surface area (Å²) in [6, 6.07) is 6.15. The standard InChI is InChI=1S/C7H5ClO3/c8-6-3-1-2-5(4-6)7(9)11-10/h1-4,10H/i/hD. The molecule has 0 aliphatic heterocycles. The third-order valence-electron chi connectivity index (χ3n) is 1.14. The molecule has 1 aromatic carbocycles. The molecule has 0 spiro atoms. The topological polar surface area (TPSA) is 46.5 Å². The first-order valence-electron chi connectivity index (χ1n) is 3.24. The molecule has 58 valence electrons. The molecule has 0 atom stereocenters. The number of rotatable bonds is 2. The van der Waals surface area contributed by atoms with Crippen LogP contribution in [0.5, 0.6) is 0 Å². The molecule has 0 saturated carbocycles. The lowest BCUT2D eigenvalue weighted by Crippen LogP contribution is -2.00. The zero-order valence-electron chi connectivity index (χ0n) is 6.41. The van der Waals surface area contributed by atoms with Gasteiger partial charge in [0.2, 0.25) is 0 Å². The van der Waals surface area contributed by atoms with Crippen molar-refractivity contribution < 1.29 is 14.9 Å². The Hall–Kier alpha value is -1.06. The minimum absolute atomic E-state index is 0.245. The Labute approximate surface area is 69.6 Å². The van der Waals surface area contributed by atoms with Crippen molar-refractivity contribution in [2.75, 3.05) is 0 Å². The molecule has 0 bridgehead atoms. The molecule has 4 heteroatoms. The van der Waals surface area contributed by atoms with Crippen LogP contribution >= 0.6 is 11.6 Å². The summed E-state index contributed by atoms with van der Waals surface area (Å²) in [5.41, 5.74) is 0.245. The molecule has 1 aromatic rings. The van der Waals surface area contributed by atoms with E-state index in [0.717, 1.165) is 0 Å². The number of halogens is 1. The van der Waals surface area contributed by atoms with Crippen LogP contribution in [0.25, 0.3) is 1.43 Å². The number of hydrogen-bond donors (Lipinski definition) is 1. The summed E-state index contributed by atoms with van der Waals surface area (Å²) in [7, 11) is 0. The van der Waals surface area contributed by atoms with Crippen LogP contribution in [0, 0.1) is 0 Å². The molecule has 0 aliphatic rings. The minimum atomic E-state index is -0.743. The lowest BCUT2D eigenvalue weighted by atomic mass is 10.2. The number of benzene rings is 1. The van der Waals surface area contributed by atoms with Gasteiger partial charge in [0.05, 0.1) is 5.56 Å². The van der Waals surface area contributed by atoms with Gasteiger partial charge in [0.25, 0.3) is 1.43 Å². The van der Waals surface area contributed by atoms with Gasteiger partial charge in [-0.15, -0.1) is 0 Å². The van der Waals surface area contributed by atoms with E-state index in [1.165, 1.54) is 12.1 Å². The van der Waals surface area contributed by atoms with E-state index in [1.807, 2.05) is 0 Å². The van der Waals surface area contributed by atoms with E-state index in [4.69, 9.17) is 13.0 Å². The molecule has 0 amide bonds. The van der Waals surface area contributed by atoms with Crippen molar-refractivity contribution in [1.82, 2.24) is 0 Å². The molecule has 3 nitrogen and oxygen atoms in total. The smallest absolute Gasteiger partial charge is 0.296 e. The van der Waals surface area contributed by atoms with Crippen molar-refractivity contribution in [3.8, 4) is 0 Å². The van der Waals surface area contributed by atoms with Crippen molar-refractivity contribution in [2.45, 2.75) is 0 Å². The largest absolute Gasteiger partial charge is 0.372 e. The summed E-state index contributed by atoms with van der Waals surface area (Å²) in [5, 5.41) is 3.88. The van der Waals surface area contributed by atoms with Gasteiger partial charge >= 0.3 is 5.97 Å². The Balaban J connectivity index is 2.81. The van der Waals surface area contributed by atoms with Crippen molar-refractivity contribution in [3.63, 3.8) is 0 Å². The summed E-state index contributed by atoms with van der Waals surface area (Å²) in [5.74, 6) is -0.743. The maximum absolute atomic E-state index is 10.9. The molecule has 0 radical (unpaired) electrons. The van der Waals surface area contributed by atoms with Crippen LogP contribution in [0.1, 0.15) is 10.4 Å². The molecule has 0 fully saturated rings. The number of carbonyl (C=O) groups excluding carboxylic acids is 1. The van der Waals surface area contributed by atoms with Gasteiger partial charge in [-0.1, -0.05) is 17.7 Å². The highest BCUT2D eigenvalue weighted by Crippen LogP contribution is 2.10. The summed E-state index contributed by atoms with van der Waals surface area (Å²) in [6.07, 6.45) is 0. The molecule has 1 rings (SSSR count). The average molecular weight is 174 g/mol. The fraction of sp³-hybridized carbons (Fsp3) is 0. The molecular formula is C7H5ClO3. The van der Waals surface area contributed by atoms with Gasteiger partial charge in [-0.25, -0.2) is 4.79 Å². The second-order valence-corrected chi connectivity index (χ2v) is 2.32. The second kappa shape index (κ2) is 3.37. The van der Waals surface area contributed by atoms with E-state index in [2.05, 4.69) is 10.1 Å². The molecule has 0 aromatic heterocycles. The van der Waals surface area contributed by atoms with E-state index in [9.17, 15) is 4.79 Å². The molecule has 1 N–H and O–H groups in total. The summed E-state index contributed by atoms with van der Waals surface area (Å²) in [6.45, 7) is 0. The molecule has 11 heavy (non-hydrogen) atoms. The summed E-state index contributed by atoms with van der Waals surface area (Å²) < 4.78 is 6.16. The highest BCUT2D eigenvalue weighted by Gasteiger charge is 2.05. The van der Waals surface area contributed by atoms with E-state index in [-0.39, 0.29) is 5.56 Å². The third kappa shape index (κ3) is 1.93. The summed E-state index contributed by atoms with van der Waals surface area (Å²) in [4.78, 5) is 14.8. The Bertz CT molecular complexity index is 290. The fourth-order valence-corrected chi connectivity index (χ4v) is 0.854. The van der Waals surface area contributed by atoms with Crippen molar-refractivity contribution >= 4 is 17.6 Å². The molecular weight excluding hydrogens is 168 g/mol. The van der Waals surface area contributed by atoms with Crippen LogP contribution in [-0.4, -0.2) is 11.2 Å². The predicted molar refractivity (Wildman–Crippen MR) is 39.5 cm³/mol. The first kappa shape index (κ1) is 6.64. The van der Waals surface area contributed by atoms with Gasteiger partial charge in [0, 0.05) is 5.02 Å². The van der Waals surface area contributed by atoms with E-state index in [1.54, 1.807) is 12.1 Å². The van der Waals surface area contributed by atoms with Crippen molar-refractivity contribution in [3.05, 3.63) is 34.9 Å². The Morgan fingerprint density at radius 3 is 3.18 bits per heavy atom. The Morgan fingerprint density at radius 2 is 2.55 bits per heavy atom. The highest BCUT2D eigenvalue weighted by molar-refractivity contribution is 6.30. The maximum atomic E-state index is 10.9. The zero-order valence-corrected chi connectivity index (χ0v) is 6.17. The lowest BCUT2D eigenvalue weighted by Gasteiger charge is -1.95. The summed E-state index contributed by atoms with van der Waals surface area (Å²) >= 11 is 5.59. The van der Waals surface area contributed by atoms with Crippen LogP contribution in [0.3, 0.4) is 0 Å². The van der Waals surface area contributed by atoms with Gasteiger partial charge in [0.1, 0.15) is 0 Å². The van der Waals surface area contributed by atoms with Gasteiger partial charge in [-0.05, 0) is 18.2 Å². The van der Waals surface area contributed by atoms with E-state index >= 15 is 0 Å². The maximum Gasteiger partial charge on any atom is 0.372 e. The fourth-order valence-electron chi connectivity index (χ4n) is 0.664. The zero-order chi connectivity index (χ0) is 8.97. The van der Waals surface area contributed by atoms with Crippen LogP contribution < -0.4 is 0 Å². The Morgan fingerprint density at radius 1 is 1.73 bits per heavy atom. The lowest BCUT2D eigenvalue weighted by molar-refractivity contribution is -0.182. The van der Waals surface area contributed by atoms with Gasteiger partial charge in [-0.2, -0.15) is 5.26 Å². The van der Waals surface area contributed by atoms with E-state index < -0.39 is 5.97 Å². The van der Waals surface area contributed by atoms with Crippen LogP contribution in [0.2, 0.25) is 5.02 Å². The van der Waals surface area contributed by atoms with E-state index in [0.29, 0.717) is 5.02 Å². The average Bonchev–Trinajstić information content (AvgIpc) is 2.05. The first-order valence-corrected chi connectivity index (χ1v) is 3.21. The van der Waals surface area contributed by atoms with Crippen molar-refractivity contribution in [1.29, 1.82) is 1.43 Å². The first-order chi connectivity index (χ1) is 5.74. The van der Waals surface area contributed by atoms with Crippen molar-refractivity contribution in [2.24, 2.45) is 0 Å². The molecule has 0 aliphatic carbocycles. The highest BCUT2D eigenvalue weighted by atomic mass is 35.5. The second-order valence-electron chi connectivity index (χ2n) is 1.88. The normalized spacial score (nSPS) is 10.5. The molecule has 0 unspecified atom stereocenters. The SMILES string of the molecule is [2H]OOC(=O)c1cccc(Cl)c1. The van der Waals surface area contributed by atoms with Crippen LogP contribution in [-0.2, 0) is 4.89 Å². The number of carbonyl (C=O) groups is 1. The quantitative estimate of drug-likeness (QED) is 0.550. The Kier molecular flexibility index (Phi) is 2.03. The minimum Gasteiger partial charge on any atom is -0.296 e. The van der Waals surface area contributed by atoms with Gasteiger partial charge < -0.3 is 0 Å². The van der Waals surface area contributed by atoms with Gasteiger partial charge in [-0.3, -0.25) is 4.89 Å². The third-order valence-corrected chi connectivity index (χ3v) is 1.37. The van der Waals surface area contributed by atoms with Gasteiger partial charge in [0.15, 0.2) is 0 Å². The molecule has 0 saturated heterocycles. The molecule has 0 heterocycles. The monoisotopic (exact) mass is 173 g/mol.